The topological polar surface area (TPSA) is 56.0 Å². The van der Waals surface area contributed by atoms with Gasteiger partial charge in [-0.3, -0.25) is 4.79 Å². The van der Waals surface area contributed by atoms with E-state index in [0.29, 0.717) is 22.7 Å². The van der Waals surface area contributed by atoms with Gasteiger partial charge in [0.05, 0.1) is 27.8 Å². The fourth-order valence-corrected chi connectivity index (χ4v) is 2.25. The molecule has 17 heavy (non-hydrogen) atoms. The van der Waals surface area contributed by atoms with Crippen molar-refractivity contribution < 1.29 is 4.79 Å². The number of carbonyl (C=O) groups is 1. The number of halogens is 1. The molecule has 0 amide bonds. The highest BCUT2D eigenvalue weighted by atomic mass is 35.5. The first-order valence-corrected chi connectivity index (χ1v) is 6.31. The standard InChI is InChI=1S/C12H11ClN2OS/c1-7-15-9(6-17-7)5-12(16)8-2-3-11(14)10(13)4-8/h2-4,6H,5,14H2,1H3. The third-order valence-electron chi connectivity index (χ3n) is 2.33. The largest absolute Gasteiger partial charge is 0.398 e. The predicted molar refractivity (Wildman–Crippen MR) is 70.7 cm³/mol. The van der Waals surface area contributed by atoms with Crippen LogP contribution in [0.2, 0.25) is 5.02 Å². The van der Waals surface area contributed by atoms with Crippen LogP contribution in [0.3, 0.4) is 0 Å². The van der Waals surface area contributed by atoms with Gasteiger partial charge in [-0.25, -0.2) is 4.98 Å². The van der Waals surface area contributed by atoms with E-state index in [1.165, 1.54) is 11.3 Å². The lowest BCUT2D eigenvalue weighted by Crippen LogP contribution is -2.04. The number of benzene rings is 1. The molecule has 88 valence electrons. The molecule has 3 nitrogen and oxygen atoms in total. The summed E-state index contributed by atoms with van der Waals surface area (Å²) in [6, 6.07) is 4.92. The smallest absolute Gasteiger partial charge is 0.168 e. The minimum absolute atomic E-state index is 0.00259. The summed E-state index contributed by atoms with van der Waals surface area (Å²) in [5, 5.41) is 3.26. The van der Waals surface area contributed by atoms with Crippen molar-refractivity contribution in [2.75, 3.05) is 5.73 Å². The van der Waals surface area contributed by atoms with Crippen LogP contribution in [0.5, 0.6) is 0 Å². The van der Waals surface area contributed by atoms with Gasteiger partial charge in [-0.2, -0.15) is 0 Å². The number of thiazole rings is 1. The Morgan fingerprint density at radius 2 is 2.29 bits per heavy atom. The number of nitrogens with zero attached hydrogens (tertiary/aromatic N) is 1. The van der Waals surface area contributed by atoms with E-state index in [-0.39, 0.29) is 5.78 Å². The number of hydrogen-bond acceptors (Lipinski definition) is 4. The fourth-order valence-electron chi connectivity index (χ4n) is 1.46. The maximum absolute atomic E-state index is 12.0. The molecule has 1 aromatic heterocycles. The van der Waals surface area contributed by atoms with Crippen LogP contribution in [-0.4, -0.2) is 10.8 Å². The first-order valence-electron chi connectivity index (χ1n) is 5.05. The van der Waals surface area contributed by atoms with Gasteiger partial charge in [-0.1, -0.05) is 11.6 Å². The Kier molecular flexibility index (Phi) is 3.45. The van der Waals surface area contributed by atoms with E-state index in [4.69, 9.17) is 17.3 Å². The zero-order valence-corrected chi connectivity index (χ0v) is 10.8. The van der Waals surface area contributed by atoms with E-state index in [2.05, 4.69) is 4.98 Å². The van der Waals surface area contributed by atoms with Gasteiger partial charge in [0.15, 0.2) is 5.78 Å². The lowest BCUT2D eigenvalue weighted by Gasteiger charge is -2.02. The maximum Gasteiger partial charge on any atom is 0.168 e. The number of anilines is 1. The van der Waals surface area contributed by atoms with Gasteiger partial charge in [0.2, 0.25) is 0 Å². The molecule has 0 aliphatic carbocycles. The van der Waals surface area contributed by atoms with Crippen molar-refractivity contribution in [2.45, 2.75) is 13.3 Å². The number of aryl methyl sites for hydroxylation is 1. The average Bonchev–Trinajstić information content (AvgIpc) is 2.68. The highest BCUT2D eigenvalue weighted by molar-refractivity contribution is 7.09. The summed E-state index contributed by atoms with van der Waals surface area (Å²) < 4.78 is 0. The van der Waals surface area contributed by atoms with E-state index in [0.717, 1.165) is 10.7 Å². The molecule has 1 heterocycles. The minimum atomic E-state index is -0.00259. The zero-order chi connectivity index (χ0) is 12.4. The number of rotatable bonds is 3. The summed E-state index contributed by atoms with van der Waals surface area (Å²) >= 11 is 7.41. The number of nitrogen functional groups attached to an aromatic ring is 1. The van der Waals surface area contributed by atoms with E-state index in [1.807, 2.05) is 12.3 Å². The van der Waals surface area contributed by atoms with Crippen LogP contribution >= 0.6 is 22.9 Å². The summed E-state index contributed by atoms with van der Waals surface area (Å²) in [5.74, 6) is -0.00259. The van der Waals surface area contributed by atoms with Crippen molar-refractivity contribution in [2.24, 2.45) is 0 Å². The normalized spacial score (nSPS) is 10.5. The van der Waals surface area contributed by atoms with E-state index in [1.54, 1.807) is 18.2 Å². The van der Waals surface area contributed by atoms with Crippen molar-refractivity contribution in [3.63, 3.8) is 0 Å². The van der Waals surface area contributed by atoms with Crippen LogP contribution in [0.15, 0.2) is 23.6 Å². The SMILES string of the molecule is Cc1nc(CC(=O)c2ccc(N)c(Cl)c2)cs1. The predicted octanol–water partition coefficient (Wildman–Crippen LogP) is 3.11. The molecular formula is C12H11ClN2OS. The number of hydrogen-bond donors (Lipinski definition) is 1. The quantitative estimate of drug-likeness (QED) is 0.686. The maximum atomic E-state index is 12.0. The molecule has 0 spiro atoms. The lowest BCUT2D eigenvalue weighted by atomic mass is 10.1. The monoisotopic (exact) mass is 266 g/mol. The van der Waals surface area contributed by atoms with E-state index in [9.17, 15) is 4.79 Å². The lowest BCUT2D eigenvalue weighted by molar-refractivity contribution is 0.0992. The Labute approximate surface area is 108 Å². The van der Waals surface area contributed by atoms with Crippen LogP contribution in [-0.2, 0) is 6.42 Å². The van der Waals surface area contributed by atoms with Crippen molar-refractivity contribution in [3.8, 4) is 0 Å². The van der Waals surface area contributed by atoms with Gasteiger partial charge in [0.1, 0.15) is 0 Å². The molecule has 0 aliphatic rings. The molecule has 0 radical (unpaired) electrons. The first-order chi connectivity index (χ1) is 8.06. The second kappa shape index (κ2) is 4.85. The van der Waals surface area contributed by atoms with Crippen LogP contribution in [0.25, 0.3) is 0 Å². The number of ketones is 1. The van der Waals surface area contributed by atoms with E-state index < -0.39 is 0 Å². The molecule has 2 N–H and O–H groups in total. The Hall–Kier alpha value is -1.39. The van der Waals surface area contributed by atoms with Crippen molar-refractivity contribution in [3.05, 3.63) is 44.9 Å². The van der Waals surface area contributed by atoms with Crippen molar-refractivity contribution in [1.82, 2.24) is 4.98 Å². The van der Waals surface area contributed by atoms with Crippen molar-refractivity contribution >= 4 is 34.4 Å². The Morgan fingerprint density at radius 1 is 1.53 bits per heavy atom. The van der Waals surface area contributed by atoms with Crippen LogP contribution in [0.1, 0.15) is 21.1 Å². The molecule has 0 saturated carbocycles. The van der Waals surface area contributed by atoms with E-state index >= 15 is 0 Å². The summed E-state index contributed by atoms with van der Waals surface area (Å²) in [4.78, 5) is 16.2. The van der Waals surface area contributed by atoms with Gasteiger partial charge in [0.25, 0.3) is 0 Å². The summed E-state index contributed by atoms with van der Waals surface area (Å²) in [7, 11) is 0. The van der Waals surface area contributed by atoms with Gasteiger partial charge in [-0.05, 0) is 25.1 Å². The molecule has 2 aromatic rings. The first kappa shape index (κ1) is 12.1. The summed E-state index contributed by atoms with van der Waals surface area (Å²) in [5.41, 5.74) is 7.43. The second-order valence-corrected chi connectivity index (χ2v) is 5.16. The van der Waals surface area contributed by atoms with Crippen LogP contribution in [0.4, 0.5) is 5.69 Å². The third kappa shape index (κ3) is 2.84. The fraction of sp³-hybridized carbons (Fsp3) is 0.167. The number of carbonyl (C=O) groups excluding carboxylic acids is 1. The second-order valence-electron chi connectivity index (χ2n) is 3.69. The molecule has 1 aromatic carbocycles. The summed E-state index contributed by atoms with van der Waals surface area (Å²) in [6.07, 6.45) is 0.296. The van der Waals surface area contributed by atoms with Gasteiger partial charge in [0, 0.05) is 10.9 Å². The van der Waals surface area contributed by atoms with Crippen LogP contribution < -0.4 is 5.73 Å². The molecule has 0 unspecified atom stereocenters. The number of nitrogens with two attached hydrogens (primary N) is 1. The summed E-state index contributed by atoms with van der Waals surface area (Å²) in [6.45, 7) is 1.92. The minimum Gasteiger partial charge on any atom is -0.398 e. The molecular weight excluding hydrogens is 256 g/mol. The van der Waals surface area contributed by atoms with Crippen molar-refractivity contribution in [1.29, 1.82) is 0 Å². The van der Waals surface area contributed by atoms with Crippen LogP contribution in [0, 0.1) is 6.92 Å². The Balaban J connectivity index is 2.17. The zero-order valence-electron chi connectivity index (χ0n) is 9.24. The highest BCUT2D eigenvalue weighted by Crippen LogP contribution is 2.21. The number of aromatic nitrogens is 1. The molecule has 0 fully saturated rings. The average molecular weight is 267 g/mol. The Bertz CT molecular complexity index is 565. The number of Topliss-reactive ketones (excluding diaryl/α,β-unsaturated/α-hetero) is 1. The molecule has 5 heteroatoms. The van der Waals surface area contributed by atoms with Gasteiger partial charge >= 0.3 is 0 Å². The van der Waals surface area contributed by atoms with Gasteiger partial charge in [-0.15, -0.1) is 11.3 Å². The molecule has 0 aliphatic heterocycles. The molecule has 2 rings (SSSR count). The molecule has 0 atom stereocenters. The van der Waals surface area contributed by atoms with Gasteiger partial charge < -0.3 is 5.73 Å². The third-order valence-corrected chi connectivity index (χ3v) is 3.48. The Morgan fingerprint density at radius 3 is 2.88 bits per heavy atom. The molecule has 0 bridgehead atoms. The molecule has 0 saturated heterocycles. The highest BCUT2D eigenvalue weighted by Gasteiger charge is 2.10.